The van der Waals surface area contributed by atoms with Crippen LogP contribution < -0.4 is 5.19 Å². The minimum absolute atomic E-state index is 0. The number of benzene rings is 7. The standard InChI is InChI=1S/C49H45N2O.C14H16NSi.Ir/c1-29(2)38-27-32(31-17-10-9-11-18-31)28-39(30(3)4)44(38)51-42-24-15-14-23-41(42)50-47(51)37-21-16-20-35-36-26-25-34-33-19-12-13-22-40(33)48(5,6)49(7,8)43(34)46(36)52-45(35)37;1-16(2,3)13-9-10-15-14(11-13)12-7-5-4-6-8-12;/h9-20,22-30H,1-8H3;4-7,9-11H,1-3H3;/q2*-1;. The van der Waals surface area contributed by atoms with Gasteiger partial charge in [0.25, 0.3) is 0 Å². The van der Waals surface area contributed by atoms with E-state index in [1.807, 2.05) is 30.5 Å². The quantitative estimate of drug-likeness (QED) is 0.118. The van der Waals surface area contributed by atoms with E-state index in [9.17, 15) is 0 Å². The van der Waals surface area contributed by atoms with Gasteiger partial charge in [-0.3, -0.25) is 4.98 Å². The maximum atomic E-state index is 7.22. The van der Waals surface area contributed by atoms with Crippen molar-refractivity contribution >= 4 is 46.2 Å². The molecule has 4 nitrogen and oxygen atoms in total. The van der Waals surface area contributed by atoms with Crippen LogP contribution >= 0.6 is 0 Å². The van der Waals surface area contributed by atoms with Gasteiger partial charge in [-0.2, -0.15) is 0 Å². The Labute approximate surface area is 423 Å². The Bertz CT molecular complexity index is 3470. The SMILES string of the molecule is CC(C)c1cc(-c2ccccc2)cc(C(C)C)c1-n1c(-c2[c-]ccc3c2oc2c4c(ccc23)-c2ccccc2C(C)(C)C4(C)C)nc2ccccc21.C[Si](C)(C)c1ccnc(-c2[c-]cccc2)c1.[Ir]. The van der Waals surface area contributed by atoms with Crippen LogP contribution in [-0.2, 0) is 30.9 Å². The average Bonchev–Trinajstić information content (AvgIpc) is 3.92. The molecule has 0 saturated heterocycles. The van der Waals surface area contributed by atoms with Gasteiger partial charge >= 0.3 is 0 Å². The van der Waals surface area contributed by atoms with Crippen LogP contribution in [0.5, 0.6) is 0 Å². The van der Waals surface area contributed by atoms with Gasteiger partial charge in [0.05, 0.1) is 30.5 Å². The Hall–Kier alpha value is -6.17. The summed E-state index contributed by atoms with van der Waals surface area (Å²) in [6.45, 7) is 25.7. The number of hydrogen-bond donors (Lipinski definition) is 0. The number of furan rings is 1. The molecular formula is C63H61IrN3OSi-2. The number of hydrogen-bond acceptors (Lipinski definition) is 3. The van der Waals surface area contributed by atoms with Crippen molar-refractivity contribution in [2.45, 2.75) is 97.7 Å². The third-order valence-corrected chi connectivity index (χ3v) is 16.9. The summed E-state index contributed by atoms with van der Waals surface area (Å²) in [7, 11) is -1.25. The molecule has 1 aliphatic rings. The molecule has 3 aromatic heterocycles. The molecule has 1 aliphatic carbocycles. The molecule has 0 saturated carbocycles. The summed E-state index contributed by atoms with van der Waals surface area (Å²) >= 11 is 0. The number of nitrogens with zero attached hydrogens (tertiary/aromatic N) is 3. The first-order chi connectivity index (χ1) is 32.6. The van der Waals surface area contributed by atoms with Crippen molar-refractivity contribution in [3.05, 3.63) is 192 Å². The predicted octanol–water partition coefficient (Wildman–Crippen LogP) is 16.6. The van der Waals surface area contributed by atoms with E-state index in [1.54, 1.807) is 0 Å². The number of fused-ring (bicyclic) bond motifs is 8. The zero-order chi connectivity index (χ0) is 47.7. The minimum atomic E-state index is -1.25. The van der Waals surface area contributed by atoms with Gasteiger partial charge in [0, 0.05) is 48.4 Å². The van der Waals surface area contributed by atoms with Crippen LogP contribution in [0.2, 0.25) is 19.6 Å². The van der Waals surface area contributed by atoms with E-state index in [4.69, 9.17) is 9.40 Å². The van der Waals surface area contributed by atoms with Gasteiger partial charge in [-0.25, -0.2) is 0 Å². The van der Waals surface area contributed by atoms with Gasteiger partial charge in [0.15, 0.2) is 0 Å². The summed E-state index contributed by atoms with van der Waals surface area (Å²) < 4.78 is 9.61. The maximum absolute atomic E-state index is 7.22. The van der Waals surface area contributed by atoms with Crippen LogP contribution in [0.1, 0.15) is 89.5 Å². The van der Waals surface area contributed by atoms with Crippen LogP contribution in [-0.4, -0.2) is 22.6 Å². The topological polar surface area (TPSA) is 43.9 Å². The fraction of sp³-hybridized carbons (Fsp3) is 0.238. The molecule has 349 valence electrons. The number of para-hydroxylation sites is 2. The zero-order valence-corrected chi connectivity index (χ0v) is 45.1. The number of aromatic nitrogens is 3. The Morgan fingerprint density at radius 2 is 1.28 bits per heavy atom. The molecule has 0 unspecified atom stereocenters. The molecule has 0 bridgehead atoms. The summed E-state index contributed by atoms with van der Waals surface area (Å²) in [5.74, 6) is 1.40. The first kappa shape index (κ1) is 47.9. The van der Waals surface area contributed by atoms with Crippen molar-refractivity contribution in [1.82, 2.24) is 14.5 Å². The second kappa shape index (κ2) is 18.3. The third-order valence-electron chi connectivity index (χ3n) is 14.8. The van der Waals surface area contributed by atoms with Crippen LogP contribution in [0, 0.1) is 12.1 Å². The Morgan fingerprint density at radius 3 is 1.97 bits per heavy atom. The summed E-state index contributed by atoms with van der Waals surface area (Å²) in [5, 5.41) is 3.66. The van der Waals surface area contributed by atoms with Gasteiger partial charge in [-0.05, 0) is 92.2 Å². The zero-order valence-electron chi connectivity index (χ0n) is 41.7. The van der Waals surface area contributed by atoms with Gasteiger partial charge in [-0.1, -0.05) is 176 Å². The predicted molar refractivity (Wildman–Crippen MR) is 289 cm³/mol. The Morgan fingerprint density at radius 1 is 0.609 bits per heavy atom. The van der Waals surface area contributed by atoms with Gasteiger partial charge in [-0.15, -0.1) is 54.1 Å². The molecule has 0 spiro atoms. The molecule has 7 aromatic carbocycles. The number of pyridine rings is 1. The molecule has 6 heteroatoms. The second-order valence-corrected chi connectivity index (χ2v) is 26.3. The van der Waals surface area contributed by atoms with E-state index in [0.29, 0.717) is 0 Å². The van der Waals surface area contributed by atoms with Crippen LogP contribution in [0.15, 0.2) is 162 Å². The van der Waals surface area contributed by atoms with Crippen molar-refractivity contribution in [3.63, 3.8) is 0 Å². The average molecular weight is 1100 g/mol. The summed E-state index contributed by atoms with van der Waals surface area (Å²) in [6.07, 6.45) is 1.91. The monoisotopic (exact) mass is 1100 g/mol. The third kappa shape index (κ3) is 8.24. The molecule has 69 heavy (non-hydrogen) atoms. The van der Waals surface area contributed by atoms with Crippen molar-refractivity contribution < 1.29 is 24.5 Å². The Kier molecular flexibility index (Phi) is 12.7. The minimum Gasteiger partial charge on any atom is -0.500 e. The molecule has 0 amide bonds. The first-order valence-electron chi connectivity index (χ1n) is 24.2. The van der Waals surface area contributed by atoms with E-state index in [1.165, 1.54) is 55.4 Å². The number of rotatable bonds is 7. The van der Waals surface area contributed by atoms with E-state index in [-0.39, 0.29) is 42.8 Å². The molecular weight excluding hydrogens is 1040 g/mol. The van der Waals surface area contributed by atoms with E-state index >= 15 is 0 Å². The van der Waals surface area contributed by atoms with E-state index in [0.717, 1.165) is 55.6 Å². The van der Waals surface area contributed by atoms with Crippen molar-refractivity contribution in [2.24, 2.45) is 0 Å². The molecule has 11 rings (SSSR count). The smallest absolute Gasteiger partial charge is 0.125 e. The maximum Gasteiger partial charge on any atom is 0.125 e. The number of imidazole rings is 1. The van der Waals surface area contributed by atoms with Gasteiger partial charge in [0.2, 0.25) is 0 Å². The molecule has 0 aliphatic heterocycles. The van der Waals surface area contributed by atoms with Gasteiger partial charge < -0.3 is 14.0 Å². The molecule has 1 radical (unpaired) electrons. The fourth-order valence-corrected chi connectivity index (χ4v) is 11.5. The molecule has 3 heterocycles. The largest absolute Gasteiger partial charge is 0.500 e. The molecule has 0 N–H and O–H groups in total. The van der Waals surface area contributed by atoms with Crippen LogP contribution in [0.4, 0.5) is 0 Å². The summed E-state index contributed by atoms with van der Waals surface area (Å²) in [4.78, 5) is 9.82. The molecule has 0 fully saturated rings. The van der Waals surface area contributed by atoms with E-state index in [2.05, 4.69) is 224 Å². The Balaban J connectivity index is 0.000000296. The summed E-state index contributed by atoms with van der Waals surface area (Å²) in [5.41, 5.74) is 17.9. The molecule has 10 aromatic rings. The van der Waals surface area contributed by atoms with Crippen LogP contribution in [0.25, 0.3) is 83.6 Å². The van der Waals surface area contributed by atoms with E-state index < -0.39 is 8.07 Å². The van der Waals surface area contributed by atoms with Crippen LogP contribution in [0.3, 0.4) is 0 Å². The van der Waals surface area contributed by atoms with Gasteiger partial charge in [0.1, 0.15) is 5.58 Å². The normalized spacial score (nSPS) is 13.8. The fourth-order valence-electron chi connectivity index (χ4n) is 10.4. The molecule has 0 atom stereocenters. The van der Waals surface area contributed by atoms with Crippen molar-refractivity contribution in [2.75, 3.05) is 0 Å². The van der Waals surface area contributed by atoms with Crippen molar-refractivity contribution in [3.8, 4) is 50.6 Å². The second-order valence-electron chi connectivity index (χ2n) is 21.3. The van der Waals surface area contributed by atoms with Crippen molar-refractivity contribution in [1.29, 1.82) is 0 Å². The summed E-state index contributed by atoms with van der Waals surface area (Å²) in [6, 6.07) is 60.9. The first-order valence-corrected chi connectivity index (χ1v) is 27.7.